The van der Waals surface area contributed by atoms with Gasteiger partial charge in [-0.15, -0.1) is 0 Å². The molecule has 1 fully saturated rings. The summed E-state index contributed by atoms with van der Waals surface area (Å²) < 4.78 is 7.66. The summed E-state index contributed by atoms with van der Waals surface area (Å²) >= 11 is 0. The topological polar surface area (TPSA) is 75.5 Å². The van der Waals surface area contributed by atoms with E-state index in [4.69, 9.17) is 9.72 Å². The highest BCUT2D eigenvalue weighted by Crippen LogP contribution is 2.27. The van der Waals surface area contributed by atoms with Crippen molar-refractivity contribution in [2.45, 2.75) is 32.9 Å². The maximum atomic E-state index is 13.5. The minimum Gasteiger partial charge on any atom is -0.378 e. The predicted molar refractivity (Wildman–Crippen MR) is 138 cm³/mol. The summed E-state index contributed by atoms with van der Waals surface area (Å²) in [6, 6.07) is 12.0. The van der Waals surface area contributed by atoms with Crippen LogP contribution in [0.25, 0.3) is 11.4 Å². The fourth-order valence-corrected chi connectivity index (χ4v) is 4.50. The molecule has 0 saturated carbocycles. The molecule has 2 aromatic heterocycles. The molecule has 8 heteroatoms. The van der Waals surface area contributed by atoms with Crippen molar-refractivity contribution in [2.24, 2.45) is 7.05 Å². The predicted octanol–water partition coefficient (Wildman–Crippen LogP) is 3.23. The first-order chi connectivity index (χ1) is 16.3. The lowest BCUT2D eigenvalue weighted by Crippen LogP contribution is -2.38. The number of hydrogen-bond donors (Lipinski definition) is 1. The number of aromatic nitrogens is 3. The van der Waals surface area contributed by atoms with Crippen molar-refractivity contribution in [3.8, 4) is 11.4 Å². The lowest BCUT2D eigenvalue weighted by Gasteiger charge is -2.22. The van der Waals surface area contributed by atoms with Crippen LogP contribution in [0.2, 0.25) is 0 Å². The molecule has 180 valence electrons. The van der Waals surface area contributed by atoms with Crippen LogP contribution in [0.4, 0.5) is 17.2 Å². The molecule has 4 rings (SSSR count). The summed E-state index contributed by atoms with van der Waals surface area (Å²) in [4.78, 5) is 27.0. The molecule has 0 aliphatic carbocycles. The van der Waals surface area contributed by atoms with E-state index in [2.05, 4.69) is 26.2 Å². The summed E-state index contributed by atoms with van der Waals surface area (Å²) in [6.07, 6.45) is 1.73. The highest BCUT2D eigenvalue weighted by atomic mass is 16.5. The second-order valence-corrected chi connectivity index (χ2v) is 8.99. The zero-order chi connectivity index (χ0) is 24.4. The Kier molecular flexibility index (Phi) is 6.88. The first kappa shape index (κ1) is 23.8. The number of benzene rings is 1. The van der Waals surface area contributed by atoms with Crippen LogP contribution in [0.5, 0.6) is 0 Å². The van der Waals surface area contributed by atoms with Crippen LogP contribution in [-0.2, 0) is 11.8 Å². The molecular weight excluding hydrogens is 428 g/mol. The minimum atomic E-state index is -0.0925. The molecule has 0 spiro atoms. The Morgan fingerprint density at radius 3 is 2.62 bits per heavy atom. The molecule has 1 aliphatic rings. The Balaban J connectivity index is 1.64. The number of rotatable bonds is 7. The summed E-state index contributed by atoms with van der Waals surface area (Å²) in [5, 5.41) is 3.47. The van der Waals surface area contributed by atoms with Gasteiger partial charge in [0, 0.05) is 58.3 Å². The van der Waals surface area contributed by atoms with E-state index in [9.17, 15) is 4.79 Å². The van der Waals surface area contributed by atoms with Crippen molar-refractivity contribution >= 4 is 17.2 Å². The van der Waals surface area contributed by atoms with Crippen LogP contribution in [-0.4, -0.2) is 60.5 Å². The third-order valence-electron chi connectivity index (χ3n) is 6.39. The van der Waals surface area contributed by atoms with Gasteiger partial charge in [0.05, 0.1) is 17.8 Å². The Labute approximate surface area is 201 Å². The van der Waals surface area contributed by atoms with Gasteiger partial charge in [-0.3, -0.25) is 9.36 Å². The average Bonchev–Trinajstić information content (AvgIpc) is 3.22. The molecule has 0 radical (unpaired) electrons. The Morgan fingerprint density at radius 1 is 1.18 bits per heavy atom. The van der Waals surface area contributed by atoms with E-state index in [0.717, 1.165) is 22.6 Å². The van der Waals surface area contributed by atoms with Crippen molar-refractivity contribution in [1.29, 1.82) is 0 Å². The van der Waals surface area contributed by atoms with E-state index >= 15 is 0 Å². The number of nitrogens with one attached hydrogen (secondary N) is 1. The molecule has 1 unspecified atom stereocenters. The largest absolute Gasteiger partial charge is 0.378 e. The molecule has 1 aromatic carbocycles. The number of pyridine rings is 1. The molecule has 3 heterocycles. The third-order valence-corrected chi connectivity index (χ3v) is 6.39. The van der Waals surface area contributed by atoms with Crippen molar-refractivity contribution in [2.75, 3.05) is 48.9 Å². The summed E-state index contributed by atoms with van der Waals surface area (Å²) in [5.41, 5.74) is 4.25. The number of hydrogen-bond acceptors (Lipinski definition) is 7. The highest BCUT2D eigenvalue weighted by Gasteiger charge is 2.35. The Bertz CT molecular complexity index is 1210. The quantitative estimate of drug-likeness (QED) is 0.578. The molecule has 8 nitrogen and oxygen atoms in total. The SMILES string of the molecule is CCO[C@H]1CN(c2ccccn2)CC1Nc1c(C)nc(-c2ccc(N(C)C)cc2C)n(C)c1=O. The third kappa shape index (κ3) is 4.63. The fourth-order valence-electron chi connectivity index (χ4n) is 4.50. The van der Waals surface area contributed by atoms with Crippen molar-refractivity contribution in [1.82, 2.24) is 14.5 Å². The van der Waals surface area contributed by atoms with Gasteiger partial charge in [-0.2, -0.15) is 0 Å². The number of aryl methyl sites for hydroxylation is 2. The van der Waals surface area contributed by atoms with Gasteiger partial charge in [0.15, 0.2) is 0 Å². The maximum Gasteiger partial charge on any atom is 0.277 e. The Morgan fingerprint density at radius 2 is 1.97 bits per heavy atom. The highest BCUT2D eigenvalue weighted by molar-refractivity contribution is 5.66. The molecular formula is C26H34N6O2. The van der Waals surface area contributed by atoms with Gasteiger partial charge in [-0.1, -0.05) is 6.07 Å². The zero-order valence-corrected chi connectivity index (χ0v) is 20.9. The lowest BCUT2D eigenvalue weighted by molar-refractivity contribution is 0.0720. The van der Waals surface area contributed by atoms with Gasteiger partial charge in [-0.05, 0) is 56.7 Å². The minimum absolute atomic E-state index is 0.0536. The molecule has 1 saturated heterocycles. The monoisotopic (exact) mass is 462 g/mol. The average molecular weight is 463 g/mol. The van der Waals surface area contributed by atoms with Crippen LogP contribution >= 0.6 is 0 Å². The molecule has 2 atom stereocenters. The van der Waals surface area contributed by atoms with Gasteiger partial charge in [-0.25, -0.2) is 9.97 Å². The Hall–Kier alpha value is -3.39. The van der Waals surface area contributed by atoms with Crippen molar-refractivity contribution < 1.29 is 4.74 Å². The summed E-state index contributed by atoms with van der Waals surface area (Å²) in [7, 11) is 5.81. The molecule has 34 heavy (non-hydrogen) atoms. The van der Waals surface area contributed by atoms with Gasteiger partial charge < -0.3 is 19.9 Å². The van der Waals surface area contributed by atoms with Gasteiger partial charge in [0.1, 0.15) is 17.3 Å². The summed E-state index contributed by atoms with van der Waals surface area (Å²) in [6.45, 7) is 7.94. The zero-order valence-electron chi connectivity index (χ0n) is 20.9. The van der Waals surface area contributed by atoms with Crippen LogP contribution in [0.15, 0.2) is 47.4 Å². The fraction of sp³-hybridized carbons (Fsp3) is 0.423. The van der Waals surface area contributed by atoms with E-state index in [0.29, 0.717) is 36.9 Å². The maximum absolute atomic E-state index is 13.5. The first-order valence-electron chi connectivity index (χ1n) is 11.7. The van der Waals surface area contributed by atoms with Crippen LogP contribution in [0.1, 0.15) is 18.2 Å². The molecule has 1 N–H and O–H groups in total. The van der Waals surface area contributed by atoms with Gasteiger partial charge in [0.25, 0.3) is 5.56 Å². The number of ether oxygens (including phenoxy) is 1. The van der Waals surface area contributed by atoms with E-state index in [1.165, 1.54) is 0 Å². The van der Waals surface area contributed by atoms with Crippen LogP contribution in [0.3, 0.4) is 0 Å². The van der Waals surface area contributed by atoms with Gasteiger partial charge in [0.2, 0.25) is 0 Å². The van der Waals surface area contributed by atoms with E-state index in [1.807, 2.05) is 65.2 Å². The number of nitrogens with zero attached hydrogens (tertiary/aromatic N) is 5. The number of anilines is 3. The van der Waals surface area contributed by atoms with Crippen molar-refractivity contribution in [3.63, 3.8) is 0 Å². The first-order valence-corrected chi connectivity index (χ1v) is 11.7. The van der Waals surface area contributed by atoms with E-state index in [1.54, 1.807) is 17.8 Å². The van der Waals surface area contributed by atoms with Crippen LogP contribution < -0.4 is 20.7 Å². The molecule has 0 amide bonds. The van der Waals surface area contributed by atoms with E-state index in [-0.39, 0.29) is 17.7 Å². The van der Waals surface area contributed by atoms with E-state index < -0.39 is 0 Å². The molecule has 1 aliphatic heterocycles. The molecule has 3 aromatic rings. The standard InChI is InChI=1S/C26H34N6O2/c1-7-34-22-16-32(23-10-8-9-13-27-23)15-21(22)29-24-18(3)28-25(31(6)26(24)33)20-12-11-19(30(4)5)14-17(20)2/h8-14,21-22,29H,7,15-16H2,1-6H3/t21?,22-/m0/s1. The molecule has 0 bridgehead atoms. The van der Waals surface area contributed by atoms with Gasteiger partial charge >= 0.3 is 0 Å². The normalized spacial score (nSPS) is 17.8. The second-order valence-electron chi connectivity index (χ2n) is 8.99. The smallest absolute Gasteiger partial charge is 0.277 e. The van der Waals surface area contributed by atoms with Crippen molar-refractivity contribution in [3.05, 3.63) is 64.2 Å². The van der Waals surface area contributed by atoms with Crippen LogP contribution in [0, 0.1) is 13.8 Å². The lowest BCUT2D eigenvalue weighted by atomic mass is 10.1. The summed E-state index contributed by atoms with van der Waals surface area (Å²) in [5.74, 6) is 1.57. The second kappa shape index (κ2) is 9.85.